The molecule has 1 aliphatic rings. The number of hydrogen-bond donors (Lipinski definition) is 2. The highest BCUT2D eigenvalue weighted by Gasteiger charge is 2.46. The summed E-state index contributed by atoms with van der Waals surface area (Å²) >= 11 is 0.989. The molecule has 0 saturated heterocycles. The van der Waals surface area contributed by atoms with Gasteiger partial charge in [-0.05, 0) is 25.5 Å². The van der Waals surface area contributed by atoms with Gasteiger partial charge in [0.05, 0.1) is 22.0 Å². The van der Waals surface area contributed by atoms with Crippen LogP contribution in [0.15, 0.2) is 30.5 Å². The molecule has 0 radical (unpaired) electrons. The van der Waals surface area contributed by atoms with Crippen LogP contribution in [0.2, 0.25) is 0 Å². The number of benzene rings is 1. The van der Waals surface area contributed by atoms with Crippen LogP contribution in [0.25, 0.3) is 11.0 Å². The van der Waals surface area contributed by atoms with Gasteiger partial charge >= 0.3 is 6.18 Å². The maximum atomic E-state index is 12.5. The Morgan fingerprint density at radius 3 is 2.96 bits per heavy atom. The standard InChI is InChI=1S/C18H17F3N4O2S/c1-9(14-7-22-17(28-14)27-8-18(19,20)21)23-16(26)11-6-10(11)15-24-12-4-2-3-5-13(12)25-15/h2-5,7,9-11H,6,8H2,1H3,(H,23,26)(H,24,25)/t9-,10?,11?/m1/s1. The van der Waals surface area contributed by atoms with Gasteiger partial charge in [0.15, 0.2) is 6.61 Å². The van der Waals surface area contributed by atoms with Crippen LogP contribution >= 0.6 is 11.3 Å². The summed E-state index contributed by atoms with van der Waals surface area (Å²) in [7, 11) is 0. The molecule has 2 aromatic heterocycles. The second kappa shape index (κ2) is 7.08. The van der Waals surface area contributed by atoms with Crippen molar-refractivity contribution in [2.45, 2.75) is 31.5 Å². The van der Waals surface area contributed by atoms with Gasteiger partial charge in [-0.2, -0.15) is 13.2 Å². The molecule has 1 saturated carbocycles. The number of imidazole rings is 1. The molecular weight excluding hydrogens is 393 g/mol. The lowest BCUT2D eigenvalue weighted by atomic mass is 10.2. The van der Waals surface area contributed by atoms with Crippen LogP contribution in [-0.4, -0.2) is 33.6 Å². The molecule has 0 spiro atoms. The van der Waals surface area contributed by atoms with Crippen molar-refractivity contribution in [2.75, 3.05) is 6.61 Å². The minimum atomic E-state index is -4.41. The number of hydrogen-bond acceptors (Lipinski definition) is 5. The van der Waals surface area contributed by atoms with E-state index in [0.717, 1.165) is 28.2 Å². The first-order valence-corrected chi connectivity index (χ1v) is 9.52. The van der Waals surface area contributed by atoms with E-state index in [1.165, 1.54) is 6.20 Å². The highest BCUT2D eigenvalue weighted by atomic mass is 32.1. The number of thiazole rings is 1. The van der Waals surface area contributed by atoms with Crippen LogP contribution in [-0.2, 0) is 4.79 Å². The predicted molar refractivity (Wildman–Crippen MR) is 97.2 cm³/mol. The molecule has 0 aliphatic heterocycles. The van der Waals surface area contributed by atoms with E-state index in [2.05, 4.69) is 25.0 Å². The number of halogens is 3. The number of para-hydroxylation sites is 2. The number of nitrogens with one attached hydrogen (secondary N) is 2. The van der Waals surface area contributed by atoms with E-state index >= 15 is 0 Å². The number of aromatic amines is 1. The van der Waals surface area contributed by atoms with E-state index in [4.69, 9.17) is 0 Å². The molecule has 1 aliphatic carbocycles. The minimum Gasteiger partial charge on any atom is -0.460 e. The van der Waals surface area contributed by atoms with Gasteiger partial charge in [0.1, 0.15) is 5.82 Å². The van der Waals surface area contributed by atoms with Crippen molar-refractivity contribution in [3.8, 4) is 5.19 Å². The summed E-state index contributed by atoms with van der Waals surface area (Å²) in [5.74, 6) is 0.572. The topological polar surface area (TPSA) is 79.9 Å². The van der Waals surface area contributed by atoms with E-state index in [1.54, 1.807) is 6.92 Å². The van der Waals surface area contributed by atoms with E-state index in [0.29, 0.717) is 11.3 Å². The quantitative estimate of drug-likeness (QED) is 0.645. The zero-order valence-corrected chi connectivity index (χ0v) is 15.6. The monoisotopic (exact) mass is 410 g/mol. The van der Waals surface area contributed by atoms with E-state index in [-0.39, 0.29) is 29.0 Å². The average Bonchev–Trinajstić information content (AvgIpc) is 3.11. The molecule has 1 amide bonds. The van der Waals surface area contributed by atoms with Crippen molar-refractivity contribution in [2.24, 2.45) is 5.92 Å². The molecule has 2 unspecified atom stereocenters. The van der Waals surface area contributed by atoms with Gasteiger partial charge in [-0.15, -0.1) is 0 Å². The number of amides is 1. The zero-order chi connectivity index (χ0) is 19.9. The Morgan fingerprint density at radius 2 is 2.21 bits per heavy atom. The number of H-pyrrole nitrogens is 1. The molecule has 0 bridgehead atoms. The van der Waals surface area contributed by atoms with Crippen molar-refractivity contribution in [3.05, 3.63) is 41.2 Å². The number of ether oxygens (including phenoxy) is 1. The molecule has 6 nitrogen and oxygen atoms in total. The Balaban J connectivity index is 1.33. The highest BCUT2D eigenvalue weighted by molar-refractivity contribution is 7.13. The predicted octanol–water partition coefficient (Wildman–Crippen LogP) is 3.94. The van der Waals surface area contributed by atoms with E-state index in [9.17, 15) is 18.0 Å². The summed E-state index contributed by atoms with van der Waals surface area (Å²) in [6.07, 6.45) is -2.28. The van der Waals surface area contributed by atoms with Gasteiger partial charge in [-0.25, -0.2) is 9.97 Å². The lowest BCUT2D eigenvalue weighted by Gasteiger charge is -2.11. The molecule has 28 heavy (non-hydrogen) atoms. The third-order valence-electron chi connectivity index (χ3n) is 4.53. The minimum absolute atomic E-state index is 0.0479. The lowest BCUT2D eigenvalue weighted by Crippen LogP contribution is -2.28. The fourth-order valence-electron chi connectivity index (χ4n) is 3.01. The molecule has 1 fully saturated rings. The van der Waals surface area contributed by atoms with E-state index < -0.39 is 12.8 Å². The van der Waals surface area contributed by atoms with Crippen molar-refractivity contribution in [1.82, 2.24) is 20.3 Å². The van der Waals surface area contributed by atoms with Gasteiger partial charge in [0, 0.05) is 18.0 Å². The largest absolute Gasteiger partial charge is 0.460 e. The highest BCUT2D eigenvalue weighted by Crippen LogP contribution is 2.47. The molecule has 3 aromatic rings. The summed E-state index contributed by atoms with van der Waals surface area (Å²) in [4.78, 5) is 24.7. The number of carbonyl (C=O) groups is 1. The van der Waals surface area contributed by atoms with Crippen LogP contribution in [0.1, 0.15) is 36.0 Å². The molecule has 10 heteroatoms. The third-order valence-corrected chi connectivity index (χ3v) is 5.63. The lowest BCUT2D eigenvalue weighted by molar-refractivity contribution is -0.153. The number of carbonyl (C=O) groups excluding carboxylic acids is 1. The smallest absolute Gasteiger partial charge is 0.422 e. The van der Waals surface area contributed by atoms with Crippen molar-refractivity contribution in [1.29, 1.82) is 0 Å². The Morgan fingerprint density at radius 1 is 1.43 bits per heavy atom. The van der Waals surface area contributed by atoms with Crippen LogP contribution < -0.4 is 10.1 Å². The average molecular weight is 410 g/mol. The molecule has 1 aromatic carbocycles. The number of rotatable bonds is 6. The van der Waals surface area contributed by atoms with Crippen LogP contribution in [0, 0.1) is 5.92 Å². The number of fused-ring (bicyclic) bond motifs is 1. The van der Waals surface area contributed by atoms with Gasteiger partial charge in [0.2, 0.25) is 5.91 Å². The summed E-state index contributed by atoms with van der Waals surface area (Å²) in [6.45, 7) is 0.374. The second-order valence-corrected chi connectivity index (χ2v) is 7.78. The normalized spacial score (nSPS) is 20.1. The molecular formula is C18H17F3N4O2S. The first-order chi connectivity index (χ1) is 13.3. The summed E-state index contributed by atoms with van der Waals surface area (Å²) in [5, 5.41) is 2.82. The summed E-state index contributed by atoms with van der Waals surface area (Å²) < 4.78 is 41.2. The fourth-order valence-corrected chi connectivity index (χ4v) is 3.77. The van der Waals surface area contributed by atoms with Crippen molar-refractivity contribution >= 4 is 28.3 Å². The Labute approximate surface area is 162 Å². The van der Waals surface area contributed by atoms with E-state index in [1.807, 2.05) is 24.3 Å². The molecule has 3 atom stereocenters. The second-order valence-electron chi connectivity index (χ2n) is 6.75. The molecule has 4 rings (SSSR count). The number of alkyl halides is 3. The SMILES string of the molecule is C[C@@H](NC(=O)C1CC1c1nc2ccccc2[nH]1)c1cnc(OCC(F)(F)F)s1. The van der Waals surface area contributed by atoms with Crippen LogP contribution in [0.3, 0.4) is 0 Å². The van der Waals surface area contributed by atoms with Gasteiger partial charge < -0.3 is 15.0 Å². The van der Waals surface area contributed by atoms with Gasteiger partial charge in [0.25, 0.3) is 5.19 Å². The van der Waals surface area contributed by atoms with Gasteiger partial charge in [-0.3, -0.25) is 4.79 Å². The summed E-state index contributed by atoms with van der Waals surface area (Å²) in [6, 6.07) is 7.31. The Hall–Kier alpha value is -2.62. The Bertz CT molecular complexity index is 967. The molecule has 148 valence electrons. The summed E-state index contributed by atoms with van der Waals surface area (Å²) in [5.41, 5.74) is 1.81. The Kier molecular flexibility index (Phi) is 4.74. The van der Waals surface area contributed by atoms with Gasteiger partial charge in [-0.1, -0.05) is 23.5 Å². The van der Waals surface area contributed by atoms with Crippen LogP contribution in [0.4, 0.5) is 13.2 Å². The van der Waals surface area contributed by atoms with Crippen molar-refractivity contribution < 1.29 is 22.7 Å². The number of nitrogens with zero attached hydrogens (tertiary/aromatic N) is 2. The first kappa shape index (κ1) is 18.7. The first-order valence-electron chi connectivity index (χ1n) is 8.70. The third kappa shape index (κ3) is 4.11. The number of aromatic nitrogens is 3. The van der Waals surface area contributed by atoms with Crippen molar-refractivity contribution in [3.63, 3.8) is 0 Å². The maximum absolute atomic E-state index is 12.5. The maximum Gasteiger partial charge on any atom is 0.422 e. The fraction of sp³-hybridized carbons (Fsp3) is 0.389. The molecule has 2 heterocycles. The van der Waals surface area contributed by atoms with Crippen LogP contribution in [0.5, 0.6) is 5.19 Å². The zero-order valence-electron chi connectivity index (χ0n) is 14.8. The molecule has 2 N–H and O–H groups in total.